The first-order chi connectivity index (χ1) is 5.70. The van der Waals surface area contributed by atoms with Gasteiger partial charge in [-0.05, 0) is 31.0 Å². The molecule has 0 unspecified atom stereocenters. The van der Waals surface area contributed by atoms with Gasteiger partial charge in [-0.1, -0.05) is 17.7 Å². The molecule has 1 nitrogen and oxygen atoms in total. The third-order valence-electron chi connectivity index (χ3n) is 2.16. The maximum Gasteiger partial charge on any atom is 0.0529 e. The van der Waals surface area contributed by atoms with Crippen molar-refractivity contribution in [3.05, 3.63) is 34.5 Å². The van der Waals surface area contributed by atoms with E-state index < -0.39 is 0 Å². The number of H-pyrrole nitrogens is 1. The molecular formula is C10H10ClN. The van der Waals surface area contributed by atoms with Gasteiger partial charge in [0.15, 0.2) is 0 Å². The lowest BCUT2D eigenvalue weighted by atomic mass is 10.1. The van der Waals surface area contributed by atoms with E-state index in [1.54, 1.807) is 0 Å². The van der Waals surface area contributed by atoms with Crippen molar-refractivity contribution in [2.45, 2.75) is 13.8 Å². The van der Waals surface area contributed by atoms with E-state index in [0.29, 0.717) is 0 Å². The zero-order valence-corrected chi connectivity index (χ0v) is 7.87. The van der Waals surface area contributed by atoms with E-state index in [1.807, 2.05) is 19.2 Å². The molecule has 1 aromatic heterocycles. The fraction of sp³-hybridized carbons (Fsp3) is 0.200. The standard InChI is InChI=1S/C10H10ClN/c1-6-5-7(2)10-8(9(6)11)3-4-12-10/h3-5,12H,1-2H3. The van der Waals surface area contributed by atoms with Crippen molar-refractivity contribution in [3.8, 4) is 0 Å². The molecular weight excluding hydrogens is 170 g/mol. The van der Waals surface area contributed by atoms with E-state index in [4.69, 9.17) is 11.6 Å². The van der Waals surface area contributed by atoms with E-state index in [2.05, 4.69) is 18.0 Å². The van der Waals surface area contributed by atoms with Gasteiger partial charge in [0.25, 0.3) is 0 Å². The highest BCUT2D eigenvalue weighted by molar-refractivity contribution is 6.36. The minimum atomic E-state index is 0.858. The van der Waals surface area contributed by atoms with Crippen LogP contribution in [0.2, 0.25) is 5.02 Å². The summed E-state index contributed by atoms with van der Waals surface area (Å²) in [6.45, 7) is 4.12. The van der Waals surface area contributed by atoms with Gasteiger partial charge < -0.3 is 4.98 Å². The van der Waals surface area contributed by atoms with Gasteiger partial charge in [0.1, 0.15) is 0 Å². The van der Waals surface area contributed by atoms with Crippen molar-refractivity contribution in [2.24, 2.45) is 0 Å². The zero-order valence-electron chi connectivity index (χ0n) is 7.11. The Morgan fingerprint density at radius 1 is 1.25 bits per heavy atom. The highest BCUT2D eigenvalue weighted by Gasteiger charge is 2.05. The van der Waals surface area contributed by atoms with Crippen molar-refractivity contribution in [1.82, 2.24) is 4.98 Å². The minimum Gasteiger partial charge on any atom is -0.361 e. The second kappa shape index (κ2) is 2.53. The Hall–Kier alpha value is -0.950. The van der Waals surface area contributed by atoms with Gasteiger partial charge in [-0.15, -0.1) is 0 Å². The normalized spacial score (nSPS) is 10.9. The summed E-state index contributed by atoms with van der Waals surface area (Å²) in [6.07, 6.45) is 1.92. The lowest BCUT2D eigenvalue weighted by molar-refractivity contribution is 1.38. The van der Waals surface area contributed by atoms with Crippen LogP contribution in [0.1, 0.15) is 11.1 Å². The molecule has 12 heavy (non-hydrogen) atoms. The number of aromatic nitrogens is 1. The number of nitrogens with one attached hydrogen (secondary N) is 1. The number of aromatic amines is 1. The van der Waals surface area contributed by atoms with Crippen molar-refractivity contribution in [3.63, 3.8) is 0 Å². The van der Waals surface area contributed by atoms with E-state index >= 15 is 0 Å². The maximum absolute atomic E-state index is 6.12. The van der Waals surface area contributed by atoms with E-state index in [-0.39, 0.29) is 0 Å². The lowest BCUT2D eigenvalue weighted by Gasteiger charge is -2.02. The smallest absolute Gasteiger partial charge is 0.0529 e. The Balaban J connectivity index is 2.97. The van der Waals surface area contributed by atoms with E-state index in [9.17, 15) is 0 Å². The molecule has 2 heteroatoms. The van der Waals surface area contributed by atoms with Crippen molar-refractivity contribution in [1.29, 1.82) is 0 Å². The van der Waals surface area contributed by atoms with Crippen LogP contribution in [0.4, 0.5) is 0 Å². The summed E-state index contributed by atoms with van der Waals surface area (Å²) in [4.78, 5) is 3.17. The first-order valence-electron chi connectivity index (χ1n) is 3.93. The van der Waals surface area contributed by atoms with Gasteiger partial charge >= 0.3 is 0 Å². The fourth-order valence-electron chi connectivity index (χ4n) is 1.55. The van der Waals surface area contributed by atoms with Crippen LogP contribution >= 0.6 is 11.6 Å². The molecule has 1 heterocycles. The molecule has 0 saturated heterocycles. The Bertz CT molecular complexity index is 429. The number of halogens is 1. The molecule has 2 aromatic rings. The van der Waals surface area contributed by atoms with Crippen LogP contribution in [0.25, 0.3) is 10.9 Å². The number of benzene rings is 1. The third kappa shape index (κ3) is 0.935. The largest absolute Gasteiger partial charge is 0.361 e. The lowest BCUT2D eigenvalue weighted by Crippen LogP contribution is -1.81. The summed E-state index contributed by atoms with van der Waals surface area (Å²) >= 11 is 6.12. The first kappa shape index (κ1) is 7.69. The topological polar surface area (TPSA) is 15.8 Å². The predicted octanol–water partition coefficient (Wildman–Crippen LogP) is 3.44. The van der Waals surface area contributed by atoms with Crippen molar-refractivity contribution < 1.29 is 0 Å². The molecule has 62 valence electrons. The van der Waals surface area contributed by atoms with Gasteiger partial charge in [-0.25, -0.2) is 0 Å². The average Bonchev–Trinajstić information content (AvgIpc) is 2.48. The van der Waals surface area contributed by atoms with Crippen LogP contribution in [0, 0.1) is 13.8 Å². The van der Waals surface area contributed by atoms with Gasteiger partial charge in [0.2, 0.25) is 0 Å². The van der Waals surface area contributed by atoms with Crippen LogP contribution in [0.3, 0.4) is 0 Å². The summed E-state index contributed by atoms with van der Waals surface area (Å²) in [6, 6.07) is 4.11. The van der Waals surface area contributed by atoms with Crippen molar-refractivity contribution in [2.75, 3.05) is 0 Å². The van der Waals surface area contributed by atoms with Crippen LogP contribution < -0.4 is 0 Å². The number of rotatable bonds is 0. The summed E-state index contributed by atoms with van der Waals surface area (Å²) in [5, 5.41) is 1.98. The molecule has 0 saturated carbocycles. The highest BCUT2D eigenvalue weighted by Crippen LogP contribution is 2.28. The molecule has 0 aliphatic heterocycles. The molecule has 0 spiro atoms. The number of fused-ring (bicyclic) bond motifs is 1. The van der Waals surface area contributed by atoms with Gasteiger partial charge in [0.05, 0.1) is 5.02 Å². The van der Waals surface area contributed by atoms with Crippen LogP contribution in [-0.2, 0) is 0 Å². The maximum atomic E-state index is 6.12. The van der Waals surface area contributed by atoms with Crippen molar-refractivity contribution >= 4 is 22.5 Å². The monoisotopic (exact) mass is 179 g/mol. The Morgan fingerprint density at radius 2 is 2.00 bits per heavy atom. The zero-order chi connectivity index (χ0) is 8.72. The summed E-state index contributed by atoms with van der Waals surface area (Å²) in [5.74, 6) is 0. The van der Waals surface area contributed by atoms with E-state index in [1.165, 1.54) is 5.56 Å². The highest BCUT2D eigenvalue weighted by atomic mass is 35.5. The summed E-state index contributed by atoms with van der Waals surface area (Å²) < 4.78 is 0. The van der Waals surface area contributed by atoms with Gasteiger partial charge in [-0.2, -0.15) is 0 Å². The number of aryl methyl sites for hydroxylation is 2. The van der Waals surface area contributed by atoms with Gasteiger partial charge in [0, 0.05) is 17.1 Å². The van der Waals surface area contributed by atoms with Crippen LogP contribution in [0.15, 0.2) is 18.3 Å². The number of hydrogen-bond acceptors (Lipinski definition) is 0. The number of hydrogen-bond donors (Lipinski definition) is 1. The molecule has 0 aliphatic rings. The Kier molecular flexibility index (Phi) is 1.62. The summed E-state index contributed by atoms with van der Waals surface area (Å²) in [5.41, 5.74) is 3.53. The molecule has 1 aromatic carbocycles. The first-order valence-corrected chi connectivity index (χ1v) is 4.30. The fourth-order valence-corrected chi connectivity index (χ4v) is 1.76. The molecule has 0 radical (unpaired) electrons. The van der Waals surface area contributed by atoms with Crippen LogP contribution in [0.5, 0.6) is 0 Å². The molecule has 0 atom stereocenters. The Labute approximate surface area is 76.4 Å². The molecule has 0 fully saturated rings. The SMILES string of the molecule is Cc1cc(C)c2[nH]ccc2c1Cl. The minimum absolute atomic E-state index is 0.858. The quantitative estimate of drug-likeness (QED) is 0.638. The molecule has 0 bridgehead atoms. The predicted molar refractivity (Wildman–Crippen MR) is 52.8 cm³/mol. The average molecular weight is 180 g/mol. The second-order valence-electron chi connectivity index (χ2n) is 3.09. The molecule has 0 aliphatic carbocycles. The van der Waals surface area contributed by atoms with Crippen LogP contribution in [-0.4, -0.2) is 4.98 Å². The molecule has 2 rings (SSSR count). The molecule has 1 N–H and O–H groups in total. The summed E-state index contributed by atoms with van der Waals surface area (Å²) in [7, 11) is 0. The second-order valence-corrected chi connectivity index (χ2v) is 3.47. The Morgan fingerprint density at radius 3 is 2.75 bits per heavy atom. The van der Waals surface area contributed by atoms with E-state index in [0.717, 1.165) is 21.5 Å². The third-order valence-corrected chi connectivity index (χ3v) is 2.66. The van der Waals surface area contributed by atoms with Gasteiger partial charge in [-0.3, -0.25) is 0 Å². The molecule has 0 amide bonds.